The zero-order chi connectivity index (χ0) is 20.3. The molecule has 1 aromatic heterocycles. The lowest BCUT2D eigenvalue weighted by atomic mass is 9.98. The Kier molecular flexibility index (Phi) is 6.05. The number of nitrogen functional groups attached to an aromatic ring is 1. The summed E-state index contributed by atoms with van der Waals surface area (Å²) in [6.07, 6.45) is 1.68. The highest BCUT2D eigenvalue weighted by atomic mass is 32.1. The molecule has 2 aromatic rings. The standard InChI is InChI=1S/C21H27N3O3S/c1-21(2,3)20(26)27-24-11-7-10-15(13-24)23-19(25)16-12-17(28-18(16)22)14-8-5-4-6-9-14/h4-6,8-9,12,15H,7,10-11,13,22H2,1-3H3,(H,23,25)/t15-/m0/s1. The fourth-order valence-electron chi connectivity index (χ4n) is 2.99. The van der Waals surface area contributed by atoms with Crippen LogP contribution in [0.15, 0.2) is 36.4 Å². The van der Waals surface area contributed by atoms with Crippen molar-refractivity contribution in [1.82, 2.24) is 10.4 Å². The quantitative estimate of drug-likeness (QED) is 0.816. The summed E-state index contributed by atoms with van der Waals surface area (Å²) in [6, 6.07) is 11.6. The Morgan fingerprint density at radius 2 is 1.96 bits per heavy atom. The molecule has 0 bridgehead atoms. The van der Waals surface area contributed by atoms with E-state index >= 15 is 0 Å². The minimum Gasteiger partial charge on any atom is -0.390 e. The van der Waals surface area contributed by atoms with E-state index in [1.807, 2.05) is 57.2 Å². The summed E-state index contributed by atoms with van der Waals surface area (Å²) in [4.78, 5) is 31.3. The highest BCUT2D eigenvalue weighted by molar-refractivity contribution is 7.19. The molecule has 1 saturated heterocycles. The first kappa shape index (κ1) is 20.4. The van der Waals surface area contributed by atoms with Gasteiger partial charge in [0.15, 0.2) is 0 Å². The normalized spacial score (nSPS) is 17.9. The smallest absolute Gasteiger partial charge is 0.330 e. The number of nitrogens with one attached hydrogen (secondary N) is 1. The van der Waals surface area contributed by atoms with E-state index in [4.69, 9.17) is 10.6 Å². The van der Waals surface area contributed by atoms with Gasteiger partial charge in [-0.15, -0.1) is 16.4 Å². The van der Waals surface area contributed by atoms with E-state index in [-0.39, 0.29) is 17.9 Å². The summed E-state index contributed by atoms with van der Waals surface area (Å²) in [5.41, 5.74) is 7.07. The van der Waals surface area contributed by atoms with E-state index < -0.39 is 5.41 Å². The highest BCUT2D eigenvalue weighted by Gasteiger charge is 2.30. The van der Waals surface area contributed by atoms with Crippen LogP contribution in [-0.4, -0.2) is 36.1 Å². The first-order valence-electron chi connectivity index (χ1n) is 9.47. The van der Waals surface area contributed by atoms with Crippen molar-refractivity contribution in [1.29, 1.82) is 0 Å². The molecule has 1 atom stereocenters. The van der Waals surface area contributed by atoms with Crippen molar-refractivity contribution < 1.29 is 14.4 Å². The molecule has 0 spiro atoms. The molecule has 0 unspecified atom stereocenters. The Bertz CT molecular complexity index is 842. The maximum absolute atomic E-state index is 12.8. The molecule has 7 heteroatoms. The fourth-order valence-corrected chi connectivity index (χ4v) is 3.92. The van der Waals surface area contributed by atoms with Gasteiger partial charge in [0.25, 0.3) is 5.91 Å². The molecule has 1 aliphatic rings. The summed E-state index contributed by atoms with van der Waals surface area (Å²) >= 11 is 1.41. The summed E-state index contributed by atoms with van der Waals surface area (Å²) in [5.74, 6) is -0.459. The zero-order valence-electron chi connectivity index (χ0n) is 16.5. The largest absolute Gasteiger partial charge is 0.390 e. The van der Waals surface area contributed by atoms with E-state index in [1.54, 1.807) is 5.06 Å². The Morgan fingerprint density at radius 3 is 2.64 bits per heavy atom. The minimum atomic E-state index is -0.560. The predicted octanol–water partition coefficient (Wildman–Crippen LogP) is 3.70. The molecule has 0 saturated carbocycles. The highest BCUT2D eigenvalue weighted by Crippen LogP contribution is 2.33. The lowest BCUT2D eigenvalue weighted by Gasteiger charge is -2.33. The van der Waals surface area contributed by atoms with Gasteiger partial charge in [0.05, 0.1) is 22.5 Å². The van der Waals surface area contributed by atoms with Gasteiger partial charge in [0.1, 0.15) is 0 Å². The number of nitrogens with zero attached hydrogens (tertiary/aromatic N) is 1. The second-order valence-electron chi connectivity index (χ2n) is 8.08. The Labute approximate surface area is 169 Å². The van der Waals surface area contributed by atoms with Crippen LogP contribution in [0.1, 0.15) is 44.0 Å². The number of thiophene rings is 1. The van der Waals surface area contributed by atoms with Crippen LogP contribution >= 0.6 is 11.3 Å². The van der Waals surface area contributed by atoms with Crippen LogP contribution < -0.4 is 11.1 Å². The van der Waals surface area contributed by atoms with Gasteiger partial charge in [-0.05, 0) is 45.2 Å². The minimum absolute atomic E-state index is 0.0894. The van der Waals surface area contributed by atoms with Gasteiger partial charge in [0.2, 0.25) is 0 Å². The second kappa shape index (κ2) is 8.32. The van der Waals surface area contributed by atoms with Crippen molar-refractivity contribution in [2.24, 2.45) is 5.41 Å². The lowest BCUT2D eigenvalue weighted by molar-refractivity contribution is -0.205. The summed E-state index contributed by atoms with van der Waals surface area (Å²) < 4.78 is 0. The van der Waals surface area contributed by atoms with Crippen LogP contribution in [-0.2, 0) is 9.63 Å². The van der Waals surface area contributed by atoms with Crippen LogP contribution in [0.25, 0.3) is 10.4 Å². The second-order valence-corrected chi connectivity index (χ2v) is 9.17. The van der Waals surface area contributed by atoms with E-state index in [2.05, 4.69) is 5.32 Å². The average Bonchev–Trinajstić information content (AvgIpc) is 3.04. The van der Waals surface area contributed by atoms with Gasteiger partial charge >= 0.3 is 5.97 Å². The number of piperidine rings is 1. The summed E-state index contributed by atoms with van der Waals surface area (Å²) in [6.45, 7) is 6.61. The maximum Gasteiger partial charge on any atom is 0.330 e. The molecule has 28 heavy (non-hydrogen) atoms. The molecule has 1 aromatic carbocycles. The molecule has 1 aliphatic heterocycles. The fraction of sp³-hybridized carbons (Fsp3) is 0.429. The Balaban J connectivity index is 1.63. The zero-order valence-corrected chi connectivity index (χ0v) is 17.3. The molecule has 3 N–H and O–H groups in total. The van der Waals surface area contributed by atoms with Gasteiger partial charge in [0, 0.05) is 17.5 Å². The van der Waals surface area contributed by atoms with Crippen LogP contribution in [0.2, 0.25) is 0 Å². The summed E-state index contributed by atoms with van der Waals surface area (Å²) in [5, 5.41) is 5.19. The SMILES string of the molecule is CC(C)(C)C(=O)ON1CCC[C@H](NC(=O)c2cc(-c3ccccc3)sc2N)C1. The van der Waals surface area contributed by atoms with Crippen molar-refractivity contribution in [3.8, 4) is 10.4 Å². The number of carbonyl (C=O) groups is 2. The number of hydrogen-bond acceptors (Lipinski definition) is 6. The number of hydroxylamine groups is 2. The molecule has 0 radical (unpaired) electrons. The van der Waals surface area contributed by atoms with Gasteiger partial charge < -0.3 is 15.9 Å². The van der Waals surface area contributed by atoms with Crippen LogP contribution in [0.5, 0.6) is 0 Å². The third-order valence-electron chi connectivity index (χ3n) is 4.61. The average molecular weight is 402 g/mol. The number of nitrogens with two attached hydrogens (primary N) is 1. The molecular weight excluding hydrogens is 374 g/mol. The van der Waals surface area contributed by atoms with Crippen LogP contribution in [0.3, 0.4) is 0 Å². The lowest BCUT2D eigenvalue weighted by Crippen LogP contribution is -2.49. The number of hydrogen-bond donors (Lipinski definition) is 2. The summed E-state index contributed by atoms with van der Waals surface area (Å²) in [7, 11) is 0. The van der Waals surface area contributed by atoms with Gasteiger partial charge in [-0.3, -0.25) is 4.79 Å². The molecule has 1 amide bonds. The third-order valence-corrected chi connectivity index (χ3v) is 5.62. The van der Waals surface area contributed by atoms with E-state index in [9.17, 15) is 9.59 Å². The van der Waals surface area contributed by atoms with Crippen molar-refractivity contribution >= 4 is 28.2 Å². The van der Waals surface area contributed by atoms with Crippen LogP contribution in [0, 0.1) is 5.41 Å². The number of amides is 1. The van der Waals surface area contributed by atoms with Crippen molar-refractivity contribution in [3.05, 3.63) is 42.0 Å². The third kappa shape index (κ3) is 4.91. The molecule has 6 nitrogen and oxygen atoms in total. The number of rotatable bonds is 4. The van der Waals surface area contributed by atoms with Crippen LogP contribution in [0.4, 0.5) is 5.00 Å². The van der Waals surface area contributed by atoms with Gasteiger partial charge in [-0.25, -0.2) is 4.79 Å². The van der Waals surface area contributed by atoms with E-state index in [0.717, 1.165) is 23.3 Å². The molecule has 1 fully saturated rings. The molecule has 150 valence electrons. The maximum atomic E-state index is 12.8. The first-order valence-corrected chi connectivity index (χ1v) is 10.3. The topological polar surface area (TPSA) is 84.7 Å². The van der Waals surface area contributed by atoms with Gasteiger partial charge in [-0.2, -0.15) is 0 Å². The van der Waals surface area contributed by atoms with E-state index in [0.29, 0.717) is 23.7 Å². The molecular formula is C21H27N3O3S. The van der Waals surface area contributed by atoms with Crippen molar-refractivity contribution in [3.63, 3.8) is 0 Å². The van der Waals surface area contributed by atoms with Crippen molar-refractivity contribution in [2.45, 2.75) is 39.7 Å². The Morgan fingerprint density at radius 1 is 1.25 bits per heavy atom. The van der Waals surface area contributed by atoms with E-state index in [1.165, 1.54) is 11.3 Å². The molecule has 2 heterocycles. The number of anilines is 1. The molecule has 0 aliphatic carbocycles. The predicted molar refractivity (Wildman–Crippen MR) is 112 cm³/mol. The first-order chi connectivity index (χ1) is 13.2. The monoisotopic (exact) mass is 401 g/mol. The Hall–Kier alpha value is -2.38. The number of benzene rings is 1. The van der Waals surface area contributed by atoms with Gasteiger partial charge in [-0.1, -0.05) is 30.3 Å². The molecule has 3 rings (SSSR count). The van der Waals surface area contributed by atoms with Crippen molar-refractivity contribution in [2.75, 3.05) is 18.8 Å². The number of carbonyl (C=O) groups excluding carboxylic acids is 2.